The lowest BCUT2D eigenvalue weighted by molar-refractivity contribution is 0.0957. The Labute approximate surface area is 132 Å². The Morgan fingerprint density at radius 3 is 2.59 bits per heavy atom. The molecule has 1 saturated heterocycles. The number of rotatable bonds is 4. The van der Waals surface area contributed by atoms with Gasteiger partial charge in [-0.15, -0.1) is 6.58 Å². The first-order chi connectivity index (χ1) is 10.7. The normalized spacial score (nSPS) is 20.1. The Hall–Kier alpha value is -1.84. The van der Waals surface area contributed by atoms with E-state index in [1.807, 2.05) is 12.1 Å². The summed E-state index contributed by atoms with van der Waals surface area (Å²) in [5.74, 6) is 0.899. The maximum absolute atomic E-state index is 11.8. The Balaban J connectivity index is 1.59. The minimum Gasteiger partial charge on any atom is -0.357 e. The third-order valence-electron chi connectivity index (χ3n) is 5.23. The topological polar surface area (TPSA) is 45.2 Å². The second-order valence-corrected chi connectivity index (χ2v) is 6.60. The first kappa shape index (κ1) is 15.1. The Bertz CT molecular complexity index is 522. The van der Waals surface area contributed by atoms with Gasteiger partial charge in [0.05, 0.1) is 5.56 Å². The molecule has 1 aromatic rings. The zero-order chi connectivity index (χ0) is 15.4. The van der Waals surface area contributed by atoms with Crippen LogP contribution in [0, 0.1) is 5.41 Å². The van der Waals surface area contributed by atoms with E-state index in [9.17, 15) is 4.79 Å². The quantitative estimate of drug-likeness (QED) is 0.869. The van der Waals surface area contributed by atoms with Crippen LogP contribution >= 0.6 is 0 Å². The van der Waals surface area contributed by atoms with Crippen LogP contribution in [-0.2, 0) is 0 Å². The van der Waals surface area contributed by atoms with Gasteiger partial charge < -0.3 is 10.2 Å². The van der Waals surface area contributed by atoms with E-state index in [1.54, 1.807) is 12.3 Å². The first-order valence-electron chi connectivity index (χ1n) is 8.33. The molecule has 118 valence electrons. The van der Waals surface area contributed by atoms with Crippen LogP contribution in [0.4, 0.5) is 5.82 Å². The lowest BCUT2D eigenvalue weighted by atomic mass is 9.77. The molecule has 2 aliphatic rings. The van der Waals surface area contributed by atoms with E-state index in [4.69, 9.17) is 0 Å². The Morgan fingerprint density at radius 1 is 1.27 bits per heavy atom. The summed E-state index contributed by atoms with van der Waals surface area (Å²) in [5, 5.41) is 2.77. The lowest BCUT2D eigenvalue weighted by Crippen LogP contribution is -2.39. The zero-order valence-electron chi connectivity index (χ0n) is 13.2. The molecule has 0 atom stereocenters. The molecule has 3 rings (SSSR count). The van der Waals surface area contributed by atoms with Crippen molar-refractivity contribution in [1.82, 2.24) is 10.3 Å². The highest BCUT2D eigenvalue weighted by Gasteiger charge is 2.37. The smallest absolute Gasteiger partial charge is 0.253 e. The van der Waals surface area contributed by atoms with Gasteiger partial charge in [0, 0.05) is 25.8 Å². The van der Waals surface area contributed by atoms with Crippen LogP contribution in [0.3, 0.4) is 0 Å². The van der Waals surface area contributed by atoms with E-state index in [-0.39, 0.29) is 5.91 Å². The summed E-state index contributed by atoms with van der Waals surface area (Å²) in [6, 6.07) is 3.83. The second kappa shape index (κ2) is 6.51. The predicted molar refractivity (Wildman–Crippen MR) is 89.1 cm³/mol. The Kier molecular flexibility index (Phi) is 4.46. The van der Waals surface area contributed by atoms with Crippen LogP contribution in [0.2, 0.25) is 0 Å². The fourth-order valence-corrected chi connectivity index (χ4v) is 3.81. The molecule has 1 saturated carbocycles. The molecule has 2 fully saturated rings. The fraction of sp³-hybridized carbons (Fsp3) is 0.556. The van der Waals surface area contributed by atoms with E-state index in [1.165, 1.54) is 38.5 Å². The largest absolute Gasteiger partial charge is 0.357 e. The summed E-state index contributed by atoms with van der Waals surface area (Å²) in [6.07, 6.45) is 11.6. The number of carbonyl (C=O) groups is 1. The molecule has 0 bridgehead atoms. The average Bonchev–Trinajstić information content (AvgIpc) is 3.02. The molecular formula is C18H25N3O. The minimum absolute atomic E-state index is 0.0949. The number of nitrogens with zero attached hydrogens (tertiary/aromatic N) is 2. The first-order valence-corrected chi connectivity index (χ1v) is 8.33. The number of amides is 1. The number of hydrogen-bond acceptors (Lipinski definition) is 3. The van der Waals surface area contributed by atoms with Gasteiger partial charge in [-0.05, 0) is 43.2 Å². The van der Waals surface area contributed by atoms with Gasteiger partial charge in [-0.3, -0.25) is 4.79 Å². The van der Waals surface area contributed by atoms with E-state index in [0.717, 1.165) is 18.9 Å². The van der Waals surface area contributed by atoms with Crippen LogP contribution < -0.4 is 10.2 Å². The van der Waals surface area contributed by atoms with Crippen molar-refractivity contribution < 1.29 is 4.79 Å². The summed E-state index contributed by atoms with van der Waals surface area (Å²) in [5.41, 5.74) is 1.23. The van der Waals surface area contributed by atoms with Crippen LogP contribution in [0.15, 0.2) is 31.0 Å². The summed E-state index contributed by atoms with van der Waals surface area (Å²) in [7, 11) is 0. The van der Waals surface area contributed by atoms with Gasteiger partial charge in [0.2, 0.25) is 0 Å². The average molecular weight is 299 g/mol. The van der Waals surface area contributed by atoms with Crippen LogP contribution in [0.1, 0.15) is 48.9 Å². The maximum atomic E-state index is 11.8. The summed E-state index contributed by atoms with van der Waals surface area (Å²) in [6.45, 7) is 6.26. The van der Waals surface area contributed by atoms with Gasteiger partial charge in [0.25, 0.3) is 5.91 Å². The highest BCUT2D eigenvalue weighted by atomic mass is 16.1. The molecule has 1 N–H and O–H groups in total. The van der Waals surface area contributed by atoms with Crippen molar-refractivity contribution in [1.29, 1.82) is 0 Å². The lowest BCUT2D eigenvalue weighted by Gasteiger charge is -2.40. The molecule has 1 aromatic heterocycles. The number of pyridine rings is 1. The third-order valence-corrected chi connectivity index (χ3v) is 5.23. The van der Waals surface area contributed by atoms with Crippen LogP contribution in [-0.4, -0.2) is 30.5 Å². The molecule has 4 heteroatoms. The summed E-state index contributed by atoms with van der Waals surface area (Å²) >= 11 is 0. The van der Waals surface area contributed by atoms with Gasteiger partial charge in [-0.1, -0.05) is 18.9 Å². The molecule has 4 nitrogen and oxygen atoms in total. The van der Waals surface area contributed by atoms with Gasteiger partial charge in [-0.25, -0.2) is 4.98 Å². The molecule has 1 spiro atoms. The molecule has 0 aromatic carbocycles. The molecule has 1 aliphatic heterocycles. The van der Waals surface area contributed by atoms with Gasteiger partial charge in [0.1, 0.15) is 5.82 Å². The van der Waals surface area contributed by atoms with Gasteiger partial charge in [0.15, 0.2) is 0 Å². The summed E-state index contributed by atoms with van der Waals surface area (Å²) in [4.78, 5) is 18.7. The van der Waals surface area contributed by atoms with Crippen molar-refractivity contribution in [3.8, 4) is 0 Å². The van der Waals surface area contributed by atoms with Crippen molar-refractivity contribution >= 4 is 11.7 Å². The van der Waals surface area contributed by atoms with Crippen molar-refractivity contribution in [3.05, 3.63) is 36.5 Å². The highest BCUT2D eigenvalue weighted by Crippen LogP contribution is 2.46. The van der Waals surface area contributed by atoms with Crippen molar-refractivity contribution in [2.24, 2.45) is 5.41 Å². The van der Waals surface area contributed by atoms with Crippen molar-refractivity contribution in [3.63, 3.8) is 0 Å². The minimum atomic E-state index is -0.0949. The number of nitrogens with one attached hydrogen (secondary N) is 1. The van der Waals surface area contributed by atoms with Crippen molar-refractivity contribution in [2.45, 2.75) is 38.5 Å². The number of anilines is 1. The maximum Gasteiger partial charge on any atom is 0.253 e. The van der Waals surface area contributed by atoms with Gasteiger partial charge in [-0.2, -0.15) is 0 Å². The van der Waals surface area contributed by atoms with Crippen molar-refractivity contribution in [2.75, 3.05) is 24.5 Å². The number of piperidine rings is 1. The van der Waals surface area contributed by atoms with E-state index < -0.39 is 0 Å². The van der Waals surface area contributed by atoms with E-state index in [2.05, 4.69) is 21.8 Å². The molecule has 2 heterocycles. The third kappa shape index (κ3) is 3.16. The summed E-state index contributed by atoms with van der Waals surface area (Å²) < 4.78 is 0. The number of aromatic nitrogens is 1. The van der Waals surface area contributed by atoms with Gasteiger partial charge >= 0.3 is 0 Å². The molecule has 0 radical (unpaired) electrons. The van der Waals surface area contributed by atoms with Crippen LogP contribution in [0.25, 0.3) is 0 Å². The molecule has 1 aliphatic carbocycles. The Morgan fingerprint density at radius 2 is 2.00 bits per heavy atom. The molecule has 0 unspecified atom stereocenters. The van der Waals surface area contributed by atoms with E-state index >= 15 is 0 Å². The number of carbonyl (C=O) groups excluding carboxylic acids is 1. The molecular weight excluding hydrogens is 274 g/mol. The fourth-order valence-electron chi connectivity index (χ4n) is 3.81. The van der Waals surface area contributed by atoms with Crippen LogP contribution in [0.5, 0.6) is 0 Å². The standard InChI is InChI=1S/C18H25N3O/c1-2-11-19-17(22)15-5-6-16(20-14-15)21-12-9-18(10-13-21)7-3-4-8-18/h2,5-6,14H,1,3-4,7-13H2,(H,19,22). The highest BCUT2D eigenvalue weighted by molar-refractivity contribution is 5.94. The second-order valence-electron chi connectivity index (χ2n) is 6.60. The van der Waals surface area contributed by atoms with E-state index in [0.29, 0.717) is 17.5 Å². The number of hydrogen-bond donors (Lipinski definition) is 1. The molecule has 1 amide bonds. The predicted octanol–water partition coefficient (Wildman–Crippen LogP) is 3.16. The zero-order valence-corrected chi connectivity index (χ0v) is 13.2. The monoisotopic (exact) mass is 299 g/mol. The SMILES string of the molecule is C=CCNC(=O)c1ccc(N2CCC3(CCCC3)CC2)nc1. The molecule has 22 heavy (non-hydrogen) atoms.